The molecular formula is C5H7NOS. The predicted octanol–water partition coefficient (Wildman–Crippen LogP) is 1.70. The van der Waals surface area contributed by atoms with Crippen molar-refractivity contribution >= 4 is 11.8 Å². The monoisotopic (exact) mass is 129 g/mol. The third-order valence-corrected chi connectivity index (χ3v) is 1.39. The van der Waals surface area contributed by atoms with Gasteiger partial charge < -0.3 is 4.42 Å². The highest BCUT2D eigenvalue weighted by Crippen LogP contribution is 2.13. The van der Waals surface area contributed by atoms with Crippen LogP contribution in [0.4, 0.5) is 0 Å². The Morgan fingerprint density at radius 1 is 1.75 bits per heavy atom. The maximum Gasteiger partial charge on any atom is 0.192 e. The molecule has 0 saturated heterocycles. The lowest BCUT2D eigenvalue weighted by Crippen LogP contribution is -1.59. The highest BCUT2D eigenvalue weighted by molar-refractivity contribution is 7.98. The van der Waals surface area contributed by atoms with Gasteiger partial charge in [-0.1, -0.05) is 11.8 Å². The number of hydrogen-bond donors (Lipinski definition) is 0. The van der Waals surface area contributed by atoms with Crippen LogP contribution in [0, 0.1) is 6.92 Å². The second-order valence-electron chi connectivity index (χ2n) is 1.40. The molecule has 0 radical (unpaired) electrons. The van der Waals surface area contributed by atoms with Crippen LogP contribution in [-0.2, 0) is 0 Å². The highest BCUT2D eigenvalue weighted by atomic mass is 32.2. The smallest absolute Gasteiger partial charge is 0.192 e. The topological polar surface area (TPSA) is 26.0 Å². The molecule has 0 aromatic carbocycles. The zero-order valence-corrected chi connectivity index (χ0v) is 5.66. The van der Waals surface area contributed by atoms with Crippen molar-refractivity contribution in [3.05, 3.63) is 12.1 Å². The molecule has 0 aliphatic heterocycles. The van der Waals surface area contributed by atoms with Crippen LogP contribution in [-0.4, -0.2) is 11.2 Å². The Morgan fingerprint density at radius 3 is 2.75 bits per heavy atom. The fourth-order valence-electron chi connectivity index (χ4n) is 0.436. The van der Waals surface area contributed by atoms with Gasteiger partial charge in [-0.05, 0) is 6.26 Å². The molecule has 0 fully saturated rings. The maximum atomic E-state index is 5.08. The number of hydrogen-bond acceptors (Lipinski definition) is 3. The third kappa shape index (κ3) is 1.04. The summed E-state index contributed by atoms with van der Waals surface area (Å²) in [5.41, 5.74) is 0. The van der Waals surface area contributed by atoms with Crippen molar-refractivity contribution < 1.29 is 4.42 Å². The lowest BCUT2D eigenvalue weighted by molar-refractivity contribution is 0.442. The quantitative estimate of drug-likeness (QED) is 0.540. The molecule has 0 bridgehead atoms. The first kappa shape index (κ1) is 5.69. The standard InChI is InChI=1S/C5H7NOS/c1-4-6-3-5(7-4)8-2/h3H,1-2H3. The Labute approximate surface area is 52.3 Å². The summed E-state index contributed by atoms with van der Waals surface area (Å²) in [6, 6.07) is 0. The first-order valence-corrected chi connectivity index (χ1v) is 3.52. The molecular weight excluding hydrogens is 122 g/mol. The average Bonchev–Trinajstić information content (AvgIpc) is 2.14. The van der Waals surface area contributed by atoms with E-state index in [1.165, 1.54) is 0 Å². The second-order valence-corrected chi connectivity index (χ2v) is 2.21. The van der Waals surface area contributed by atoms with E-state index in [0.29, 0.717) is 0 Å². The Bertz CT molecular complexity index is 173. The zero-order chi connectivity index (χ0) is 5.98. The van der Waals surface area contributed by atoms with E-state index in [4.69, 9.17) is 4.42 Å². The molecule has 1 aromatic rings. The molecule has 8 heavy (non-hydrogen) atoms. The number of thioether (sulfide) groups is 1. The van der Waals surface area contributed by atoms with Crippen molar-refractivity contribution in [1.29, 1.82) is 0 Å². The fraction of sp³-hybridized carbons (Fsp3) is 0.400. The molecule has 0 spiro atoms. The summed E-state index contributed by atoms with van der Waals surface area (Å²) in [5, 5.41) is 0.877. The molecule has 0 unspecified atom stereocenters. The van der Waals surface area contributed by atoms with Crippen molar-refractivity contribution in [3.8, 4) is 0 Å². The molecule has 0 N–H and O–H groups in total. The third-order valence-electron chi connectivity index (χ3n) is 0.801. The van der Waals surface area contributed by atoms with Crippen LogP contribution in [0.15, 0.2) is 15.7 Å². The molecule has 0 aliphatic rings. The van der Waals surface area contributed by atoms with Gasteiger partial charge in [0.2, 0.25) is 0 Å². The summed E-state index contributed by atoms with van der Waals surface area (Å²) in [5.74, 6) is 0.731. The zero-order valence-electron chi connectivity index (χ0n) is 4.84. The molecule has 44 valence electrons. The average molecular weight is 129 g/mol. The van der Waals surface area contributed by atoms with Crippen LogP contribution in [0.3, 0.4) is 0 Å². The first-order chi connectivity index (χ1) is 3.83. The van der Waals surface area contributed by atoms with Gasteiger partial charge >= 0.3 is 0 Å². The Balaban J connectivity index is 2.84. The minimum absolute atomic E-state index is 0.731. The Hall–Kier alpha value is -0.440. The summed E-state index contributed by atoms with van der Waals surface area (Å²) in [6.45, 7) is 1.83. The van der Waals surface area contributed by atoms with Crippen molar-refractivity contribution in [1.82, 2.24) is 4.98 Å². The molecule has 1 heterocycles. The Kier molecular flexibility index (Phi) is 1.58. The molecule has 2 nitrogen and oxygen atoms in total. The lowest BCUT2D eigenvalue weighted by Gasteiger charge is -1.80. The van der Waals surface area contributed by atoms with E-state index in [-0.39, 0.29) is 0 Å². The molecule has 1 aromatic heterocycles. The summed E-state index contributed by atoms with van der Waals surface area (Å²) >= 11 is 1.56. The second kappa shape index (κ2) is 2.22. The van der Waals surface area contributed by atoms with E-state index < -0.39 is 0 Å². The molecule has 0 saturated carbocycles. The predicted molar refractivity (Wildman–Crippen MR) is 33.0 cm³/mol. The van der Waals surface area contributed by atoms with Gasteiger partial charge in [0.25, 0.3) is 0 Å². The summed E-state index contributed by atoms with van der Waals surface area (Å²) < 4.78 is 5.08. The minimum Gasteiger partial charge on any atom is -0.435 e. The van der Waals surface area contributed by atoms with Crippen molar-refractivity contribution in [3.63, 3.8) is 0 Å². The van der Waals surface area contributed by atoms with Gasteiger partial charge in [-0.2, -0.15) is 0 Å². The Morgan fingerprint density at radius 2 is 2.50 bits per heavy atom. The normalized spacial score (nSPS) is 9.75. The highest BCUT2D eigenvalue weighted by Gasteiger charge is 1.93. The van der Waals surface area contributed by atoms with Gasteiger partial charge in [-0.25, -0.2) is 4.98 Å². The number of aryl methyl sites for hydroxylation is 1. The van der Waals surface area contributed by atoms with Gasteiger partial charge in [-0.3, -0.25) is 0 Å². The molecule has 0 amide bonds. The van der Waals surface area contributed by atoms with Crippen LogP contribution in [0.2, 0.25) is 0 Å². The van der Waals surface area contributed by atoms with Gasteiger partial charge in [0.15, 0.2) is 11.0 Å². The number of rotatable bonds is 1. The van der Waals surface area contributed by atoms with Gasteiger partial charge in [0, 0.05) is 6.92 Å². The van der Waals surface area contributed by atoms with E-state index in [0.717, 1.165) is 11.0 Å². The van der Waals surface area contributed by atoms with E-state index >= 15 is 0 Å². The van der Waals surface area contributed by atoms with E-state index in [1.54, 1.807) is 18.0 Å². The van der Waals surface area contributed by atoms with Crippen LogP contribution in [0.25, 0.3) is 0 Å². The number of oxazole rings is 1. The maximum absolute atomic E-state index is 5.08. The van der Waals surface area contributed by atoms with Crippen LogP contribution in [0.5, 0.6) is 0 Å². The summed E-state index contributed by atoms with van der Waals surface area (Å²) in [4.78, 5) is 3.90. The first-order valence-electron chi connectivity index (χ1n) is 2.29. The van der Waals surface area contributed by atoms with Crippen LogP contribution >= 0.6 is 11.8 Å². The SMILES string of the molecule is CSc1cnc(C)o1. The summed E-state index contributed by atoms with van der Waals surface area (Å²) in [6.07, 6.45) is 3.68. The van der Waals surface area contributed by atoms with Gasteiger partial charge in [-0.15, -0.1) is 0 Å². The lowest BCUT2D eigenvalue weighted by atomic mass is 10.8. The van der Waals surface area contributed by atoms with E-state index in [2.05, 4.69) is 4.98 Å². The van der Waals surface area contributed by atoms with Gasteiger partial charge in [0.1, 0.15) is 0 Å². The van der Waals surface area contributed by atoms with Crippen LogP contribution in [0.1, 0.15) is 5.89 Å². The molecule has 0 aliphatic carbocycles. The van der Waals surface area contributed by atoms with Crippen LogP contribution < -0.4 is 0 Å². The van der Waals surface area contributed by atoms with Crippen molar-refractivity contribution in [2.45, 2.75) is 12.0 Å². The fourth-order valence-corrected chi connectivity index (χ4v) is 0.798. The number of aromatic nitrogens is 1. The minimum atomic E-state index is 0.731. The van der Waals surface area contributed by atoms with Crippen molar-refractivity contribution in [2.75, 3.05) is 6.26 Å². The van der Waals surface area contributed by atoms with Crippen molar-refractivity contribution in [2.24, 2.45) is 0 Å². The molecule has 0 atom stereocenters. The van der Waals surface area contributed by atoms with E-state index in [1.807, 2.05) is 13.2 Å². The largest absolute Gasteiger partial charge is 0.435 e. The number of nitrogens with zero attached hydrogens (tertiary/aromatic N) is 1. The van der Waals surface area contributed by atoms with E-state index in [9.17, 15) is 0 Å². The molecule has 3 heteroatoms. The molecule has 1 rings (SSSR count). The summed E-state index contributed by atoms with van der Waals surface area (Å²) in [7, 11) is 0. The van der Waals surface area contributed by atoms with Gasteiger partial charge in [0.05, 0.1) is 6.20 Å².